The monoisotopic (exact) mass is 507 g/mol. The molecule has 0 bridgehead atoms. The summed E-state index contributed by atoms with van der Waals surface area (Å²) in [5, 5.41) is 16.9. The largest absolute Gasteiger partial charge is 0.497 e. The molecule has 4 rings (SSSR count). The van der Waals surface area contributed by atoms with Crippen molar-refractivity contribution in [2.75, 3.05) is 18.2 Å². The van der Waals surface area contributed by atoms with Gasteiger partial charge in [0.05, 0.1) is 30.0 Å². The number of hydrogen-bond donors (Lipinski definition) is 2. The van der Waals surface area contributed by atoms with Gasteiger partial charge in [-0.3, -0.25) is 14.2 Å². The number of anilines is 1. The molecule has 0 saturated carbocycles. The molecule has 0 aliphatic rings. The van der Waals surface area contributed by atoms with Crippen LogP contribution in [0.2, 0.25) is 0 Å². The number of amides is 2. The second-order valence-corrected chi connectivity index (χ2v) is 9.57. The number of rotatable bonds is 9. The first-order chi connectivity index (χ1) is 17.0. The molecule has 0 fully saturated rings. The standard InChI is InChI=1S/C25H25N5O3S2/c1-16-6-4-7-20(17(16)2)30-22(14-26-24(32)21-8-5-13-34-21)28-29-25(30)35-15-23(31)27-18-9-11-19(33-3)12-10-18/h4-13H,14-15H2,1-3H3,(H,26,32)(H,27,31). The fourth-order valence-corrected chi connectivity index (χ4v) is 4.79. The van der Waals surface area contributed by atoms with Crippen LogP contribution >= 0.6 is 23.1 Å². The number of aromatic nitrogens is 3. The van der Waals surface area contributed by atoms with E-state index >= 15 is 0 Å². The van der Waals surface area contributed by atoms with Gasteiger partial charge in [0.1, 0.15) is 5.75 Å². The topological polar surface area (TPSA) is 98.1 Å². The molecule has 2 heterocycles. The second kappa shape index (κ2) is 11.2. The summed E-state index contributed by atoms with van der Waals surface area (Å²) in [5.41, 5.74) is 3.79. The minimum absolute atomic E-state index is 0.149. The first-order valence-corrected chi connectivity index (χ1v) is 12.7. The van der Waals surface area contributed by atoms with Crippen LogP contribution in [-0.2, 0) is 11.3 Å². The maximum Gasteiger partial charge on any atom is 0.261 e. The summed E-state index contributed by atoms with van der Waals surface area (Å²) in [4.78, 5) is 25.7. The van der Waals surface area contributed by atoms with Crippen LogP contribution in [0.5, 0.6) is 5.75 Å². The third kappa shape index (κ3) is 5.90. The molecular weight excluding hydrogens is 482 g/mol. The number of nitrogens with one attached hydrogen (secondary N) is 2. The van der Waals surface area contributed by atoms with Crippen LogP contribution in [-0.4, -0.2) is 39.4 Å². The Morgan fingerprint density at radius 1 is 1.06 bits per heavy atom. The molecule has 0 radical (unpaired) electrons. The lowest BCUT2D eigenvalue weighted by Crippen LogP contribution is -2.24. The van der Waals surface area contributed by atoms with Gasteiger partial charge in [-0.2, -0.15) is 0 Å². The Morgan fingerprint density at radius 3 is 2.57 bits per heavy atom. The quantitative estimate of drug-likeness (QED) is 0.321. The molecule has 0 saturated heterocycles. The van der Waals surface area contributed by atoms with Gasteiger partial charge in [0, 0.05) is 5.69 Å². The predicted molar refractivity (Wildman–Crippen MR) is 139 cm³/mol. The van der Waals surface area contributed by atoms with Crippen LogP contribution in [0.4, 0.5) is 5.69 Å². The Balaban J connectivity index is 1.52. The van der Waals surface area contributed by atoms with Crippen molar-refractivity contribution in [2.45, 2.75) is 25.5 Å². The third-order valence-electron chi connectivity index (χ3n) is 5.38. The fourth-order valence-electron chi connectivity index (χ4n) is 3.38. The number of thioether (sulfide) groups is 1. The van der Waals surface area contributed by atoms with Gasteiger partial charge >= 0.3 is 0 Å². The Kier molecular flexibility index (Phi) is 7.84. The maximum atomic E-state index is 12.6. The number of aryl methyl sites for hydroxylation is 1. The van der Waals surface area contributed by atoms with Crippen LogP contribution in [0.15, 0.2) is 65.1 Å². The van der Waals surface area contributed by atoms with E-state index in [1.54, 1.807) is 37.4 Å². The third-order valence-corrected chi connectivity index (χ3v) is 7.17. The van der Waals surface area contributed by atoms with Gasteiger partial charge in [0.15, 0.2) is 11.0 Å². The van der Waals surface area contributed by atoms with E-state index in [0.29, 0.717) is 21.5 Å². The van der Waals surface area contributed by atoms with E-state index in [1.807, 2.05) is 48.1 Å². The van der Waals surface area contributed by atoms with Gasteiger partial charge in [-0.15, -0.1) is 21.5 Å². The van der Waals surface area contributed by atoms with E-state index in [9.17, 15) is 9.59 Å². The second-order valence-electron chi connectivity index (χ2n) is 7.68. The molecule has 2 aromatic heterocycles. The summed E-state index contributed by atoms with van der Waals surface area (Å²) >= 11 is 2.67. The number of ether oxygens (including phenoxy) is 1. The van der Waals surface area contributed by atoms with Gasteiger partial charge in [-0.05, 0) is 66.8 Å². The van der Waals surface area contributed by atoms with Crippen LogP contribution in [0.25, 0.3) is 5.69 Å². The van der Waals surface area contributed by atoms with E-state index in [2.05, 4.69) is 20.8 Å². The molecule has 4 aromatic rings. The van der Waals surface area contributed by atoms with E-state index in [4.69, 9.17) is 4.74 Å². The molecule has 180 valence electrons. The molecule has 8 nitrogen and oxygen atoms in total. The maximum absolute atomic E-state index is 12.6. The molecule has 0 atom stereocenters. The molecule has 2 N–H and O–H groups in total. The smallest absolute Gasteiger partial charge is 0.261 e. The van der Waals surface area contributed by atoms with Gasteiger partial charge in [0.25, 0.3) is 5.91 Å². The highest BCUT2D eigenvalue weighted by molar-refractivity contribution is 7.99. The van der Waals surface area contributed by atoms with Crippen molar-refractivity contribution >= 4 is 40.6 Å². The molecule has 0 unspecified atom stereocenters. The average molecular weight is 508 g/mol. The molecule has 2 amide bonds. The molecule has 2 aromatic carbocycles. The highest BCUT2D eigenvalue weighted by atomic mass is 32.2. The lowest BCUT2D eigenvalue weighted by Gasteiger charge is -2.14. The number of carbonyl (C=O) groups is 2. The summed E-state index contributed by atoms with van der Waals surface area (Å²) < 4.78 is 7.06. The number of carbonyl (C=O) groups excluding carboxylic acids is 2. The first kappa shape index (κ1) is 24.5. The minimum Gasteiger partial charge on any atom is -0.497 e. The van der Waals surface area contributed by atoms with E-state index < -0.39 is 0 Å². The summed E-state index contributed by atoms with van der Waals surface area (Å²) in [6.07, 6.45) is 0. The summed E-state index contributed by atoms with van der Waals surface area (Å²) in [7, 11) is 1.60. The van der Waals surface area contributed by atoms with Crippen molar-refractivity contribution in [3.05, 3.63) is 81.8 Å². The van der Waals surface area contributed by atoms with Crippen molar-refractivity contribution in [2.24, 2.45) is 0 Å². The van der Waals surface area contributed by atoms with Crippen LogP contribution in [0.1, 0.15) is 26.6 Å². The summed E-state index contributed by atoms with van der Waals surface area (Å²) in [6, 6.07) is 16.8. The lowest BCUT2D eigenvalue weighted by molar-refractivity contribution is -0.113. The summed E-state index contributed by atoms with van der Waals surface area (Å²) in [6.45, 7) is 4.27. The fraction of sp³-hybridized carbons (Fsp3) is 0.200. The molecule has 0 spiro atoms. The highest BCUT2D eigenvalue weighted by Crippen LogP contribution is 2.26. The molecule has 35 heavy (non-hydrogen) atoms. The van der Waals surface area contributed by atoms with Gasteiger partial charge in [-0.25, -0.2) is 0 Å². The van der Waals surface area contributed by atoms with Crippen LogP contribution < -0.4 is 15.4 Å². The Hall–Kier alpha value is -3.63. The highest BCUT2D eigenvalue weighted by Gasteiger charge is 2.19. The number of methoxy groups -OCH3 is 1. The SMILES string of the molecule is COc1ccc(NC(=O)CSc2nnc(CNC(=O)c3cccs3)n2-c2cccc(C)c2C)cc1. The molecular formula is C25H25N5O3S2. The number of hydrogen-bond acceptors (Lipinski definition) is 7. The van der Waals surface area contributed by atoms with Gasteiger partial charge in [0.2, 0.25) is 5.91 Å². The van der Waals surface area contributed by atoms with Crippen LogP contribution in [0.3, 0.4) is 0 Å². The van der Waals surface area contributed by atoms with Crippen LogP contribution in [0, 0.1) is 13.8 Å². The minimum atomic E-state index is -0.164. The Morgan fingerprint density at radius 2 is 1.86 bits per heavy atom. The molecule has 10 heteroatoms. The molecule has 0 aliphatic carbocycles. The van der Waals surface area contributed by atoms with Crippen molar-refractivity contribution in [1.29, 1.82) is 0 Å². The van der Waals surface area contributed by atoms with Crippen molar-refractivity contribution in [3.8, 4) is 11.4 Å². The van der Waals surface area contributed by atoms with Crippen molar-refractivity contribution in [3.63, 3.8) is 0 Å². The summed E-state index contributed by atoms with van der Waals surface area (Å²) in [5.74, 6) is 1.13. The average Bonchev–Trinajstić information content (AvgIpc) is 3.54. The first-order valence-electron chi connectivity index (χ1n) is 10.9. The normalized spacial score (nSPS) is 10.7. The van der Waals surface area contributed by atoms with E-state index in [1.165, 1.54) is 23.1 Å². The lowest BCUT2D eigenvalue weighted by atomic mass is 10.1. The number of thiophene rings is 1. The van der Waals surface area contributed by atoms with Gasteiger partial charge < -0.3 is 15.4 Å². The molecule has 0 aliphatic heterocycles. The van der Waals surface area contributed by atoms with E-state index in [-0.39, 0.29) is 24.1 Å². The van der Waals surface area contributed by atoms with Crippen molar-refractivity contribution < 1.29 is 14.3 Å². The predicted octanol–water partition coefficient (Wildman–Crippen LogP) is 4.62. The number of benzene rings is 2. The van der Waals surface area contributed by atoms with Gasteiger partial charge in [-0.1, -0.05) is 30.0 Å². The number of nitrogens with zero attached hydrogens (tertiary/aromatic N) is 3. The zero-order chi connectivity index (χ0) is 24.8. The zero-order valence-electron chi connectivity index (χ0n) is 19.6. The van der Waals surface area contributed by atoms with Crippen molar-refractivity contribution in [1.82, 2.24) is 20.1 Å². The Bertz CT molecular complexity index is 1320. The Labute approximate surface area is 211 Å². The zero-order valence-corrected chi connectivity index (χ0v) is 21.2. The van der Waals surface area contributed by atoms with E-state index in [0.717, 1.165) is 22.6 Å².